The summed E-state index contributed by atoms with van der Waals surface area (Å²) in [5, 5.41) is 2.49. The number of hydrogen-bond donors (Lipinski definition) is 1. The molecule has 2 rings (SSSR count). The maximum atomic E-state index is 2.49. The largest absolute Gasteiger partial charge is 0.340 e. The number of hydrogen-bond acceptors (Lipinski definition) is 0. The number of fused-ring (bicyclic) bond motifs is 1. The lowest BCUT2D eigenvalue weighted by Gasteiger charge is -2.27. The fourth-order valence-corrected chi connectivity index (χ4v) is 2.54. The highest BCUT2D eigenvalue weighted by molar-refractivity contribution is 5.36. The van der Waals surface area contributed by atoms with E-state index >= 15 is 0 Å². The molecule has 1 heteroatoms. The molecule has 1 aliphatic heterocycles. The van der Waals surface area contributed by atoms with Gasteiger partial charge in [-0.15, -0.1) is 0 Å². The van der Waals surface area contributed by atoms with E-state index in [1.165, 1.54) is 18.5 Å². The Hall–Kier alpha value is -0.820. The molecule has 1 nitrogen and oxygen atoms in total. The molecular formula is C13H20N+. The van der Waals surface area contributed by atoms with Crippen molar-refractivity contribution in [2.75, 3.05) is 6.54 Å². The van der Waals surface area contributed by atoms with Gasteiger partial charge in [-0.3, -0.25) is 0 Å². The summed E-state index contributed by atoms with van der Waals surface area (Å²) in [5.74, 6) is 0.732. The zero-order valence-corrected chi connectivity index (χ0v) is 9.38. The Morgan fingerprint density at radius 3 is 2.86 bits per heavy atom. The highest BCUT2D eigenvalue weighted by atomic mass is 14.9. The molecule has 1 aliphatic rings. The standard InChI is InChI=1S/C13H19N/c1-9(2)13-12-6-4-5-10(3)11(12)7-8-14-13/h4-6,9,13-14H,7-8H2,1-3H3/p+1. The van der Waals surface area contributed by atoms with Gasteiger partial charge in [-0.05, 0) is 18.1 Å². The van der Waals surface area contributed by atoms with Crippen molar-refractivity contribution < 1.29 is 5.32 Å². The lowest BCUT2D eigenvalue weighted by Crippen LogP contribution is -2.88. The first-order valence-electron chi connectivity index (χ1n) is 5.62. The van der Waals surface area contributed by atoms with Crippen molar-refractivity contribution in [3.63, 3.8) is 0 Å². The lowest BCUT2D eigenvalue weighted by atomic mass is 9.86. The molecule has 76 valence electrons. The lowest BCUT2D eigenvalue weighted by molar-refractivity contribution is -0.705. The van der Waals surface area contributed by atoms with Crippen LogP contribution in [0.15, 0.2) is 18.2 Å². The Morgan fingerprint density at radius 2 is 2.14 bits per heavy atom. The van der Waals surface area contributed by atoms with Crippen molar-refractivity contribution in [1.29, 1.82) is 0 Å². The van der Waals surface area contributed by atoms with Gasteiger partial charge in [-0.25, -0.2) is 0 Å². The molecule has 0 amide bonds. The van der Waals surface area contributed by atoms with E-state index in [1.807, 2.05) is 0 Å². The highest BCUT2D eigenvalue weighted by Crippen LogP contribution is 2.26. The van der Waals surface area contributed by atoms with Crippen molar-refractivity contribution >= 4 is 0 Å². The summed E-state index contributed by atoms with van der Waals surface area (Å²) >= 11 is 0. The quantitative estimate of drug-likeness (QED) is 0.695. The van der Waals surface area contributed by atoms with Crippen LogP contribution in [0.1, 0.15) is 36.6 Å². The molecule has 0 spiro atoms. The van der Waals surface area contributed by atoms with Gasteiger partial charge in [0.2, 0.25) is 0 Å². The van der Waals surface area contributed by atoms with Crippen LogP contribution in [0.5, 0.6) is 0 Å². The van der Waals surface area contributed by atoms with Crippen LogP contribution in [-0.4, -0.2) is 6.54 Å². The number of benzene rings is 1. The van der Waals surface area contributed by atoms with Gasteiger partial charge >= 0.3 is 0 Å². The Morgan fingerprint density at radius 1 is 1.36 bits per heavy atom. The molecule has 0 aromatic heterocycles. The van der Waals surface area contributed by atoms with Gasteiger partial charge in [0, 0.05) is 17.9 Å². The van der Waals surface area contributed by atoms with Crippen molar-refractivity contribution in [3.8, 4) is 0 Å². The first-order valence-corrected chi connectivity index (χ1v) is 5.62. The van der Waals surface area contributed by atoms with Crippen molar-refractivity contribution in [3.05, 3.63) is 34.9 Å². The maximum Gasteiger partial charge on any atom is 0.114 e. The van der Waals surface area contributed by atoms with Crippen LogP contribution in [0, 0.1) is 12.8 Å². The van der Waals surface area contributed by atoms with E-state index in [0.717, 1.165) is 5.92 Å². The van der Waals surface area contributed by atoms with Gasteiger partial charge in [0.15, 0.2) is 0 Å². The fraction of sp³-hybridized carbons (Fsp3) is 0.538. The van der Waals surface area contributed by atoms with E-state index in [-0.39, 0.29) is 0 Å². The molecule has 0 aliphatic carbocycles. The van der Waals surface area contributed by atoms with Crippen LogP contribution < -0.4 is 5.32 Å². The Bertz CT molecular complexity index is 328. The zero-order valence-electron chi connectivity index (χ0n) is 9.38. The summed E-state index contributed by atoms with van der Waals surface area (Å²) in [6, 6.07) is 7.42. The number of quaternary nitrogens is 1. The summed E-state index contributed by atoms with van der Waals surface area (Å²) in [6.45, 7) is 8.12. The Kier molecular flexibility index (Phi) is 2.60. The van der Waals surface area contributed by atoms with E-state index in [2.05, 4.69) is 44.3 Å². The normalized spacial score (nSPS) is 21.0. The molecule has 1 aromatic rings. The summed E-state index contributed by atoms with van der Waals surface area (Å²) in [6.07, 6.45) is 1.24. The average Bonchev–Trinajstić information content (AvgIpc) is 2.17. The third-order valence-corrected chi connectivity index (χ3v) is 3.34. The first-order chi connectivity index (χ1) is 6.70. The van der Waals surface area contributed by atoms with Gasteiger partial charge in [0.1, 0.15) is 6.04 Å². The van der Waals surface area contributed by atoms with E-state index in [0.29, 0.717) is 6.04 Å². The molecular weight excluding hydrogens is 170 g/mol. The van der Waals surface area contributed by atoms with Gasteiger partial charge in [-0.1, -0.05) is 32.0 Å². The molecule has 0 saturated heterocycles. The minimum atomic E-state index is 0.679. The minimum absolute atomic E-state index is 0.679. The van der Waals surface area contributed by atoms with Crippen LogP contribution in [0.4, 0.5) is 0 Å². The predicted octanol–water partition coefficient (Wildman–Crippen LogP) is 1.81. The maximum absolute atomic E-state index is 2.49. The molecule has 2 N–H and O–H groups in total. The molecule has 1 atom stereocenters. The molecule has 0 bridgehead atoms. The van der Waals surface area contributed by atoms with E-state index in [9.17, 15) is 0 Å². The van der Waals surface area contributed by atoms with Gasteiger partial charge in [-0.2, -0.15) is 0 Å². The summed E-state index contributed by atoms with van der Waals surface area (Å²) in [4.78, 5) is 0. The van der Waals surface area contributed by atoms with Crippen LogP contribution >= 0.6 is 0 Å². The van der Waals surface area contributed by atoms with Crippen LogP contribution in [0.2, 0.25) is 0 Å². The van der Waals surface area contributed by atoms with E-state index in [1.54, 1.807) is 11.1 Å². The third kappa shape index (κ3) is 1.57. The second kappa shape index (κ2) is 3.74. The van der Waals surface area contributed by atoms with Crippen LogP contribution in [0.3, 0.4) is 0 Å². The summed E-state index contributed by atoms with van der Waals surface area (Å²) in [7, 11) is 0. The fourth-order valence-electron chi connectivity index (χ4n) is 2.54. The molecule has 0 radical (unpaired) electrons. The van der Waals surface area contributed by atoms with Crippen molar-refractivity contribution in [2.45, 2.75) is 33.2 Å². The van der Waals surface area contributed by atoms with Gasteiger partial charge in [0.25, 0.3) is 0 Å². The molecule has 1 aromatic carbocycles. The molecule has 1 unspecified atom stereocenters. The number of rotatable bonds is 1. The van der Waals surface area contributed by atoms with Crippen molar-refractivity contribution in [1.82, 2.24) is 0 Å². The third-order valence-electron chi connectivity index (χ3n) is 3.34. The predicted molar refractivity (Wildman–Crippen MR) is 59.3 cm³/mol. The molecule has 1 heterocycles. The van der Waals surface area contributed by atoms with E-state index < -0.39 is 0 Å². The molecule has 0 fully saturated rings. The second-order valence-corrected chi connectivity index (χ2v) is 4.69. The number of aryl methyl sites for hydroxylation is 1. The SMILES string of the molecule is Cc1cccc2c1CC[NH2+]C2C(C)C. The van der Waals surface area contributed by atoms with Crippen LogP contribution in [-0.2, 0) is 6.42 Å². The van der Waals surface area contributed by atoms with Crippen LogP contribution in [0.25, 0.3) is 0 Å². The average molecular weight is 190 g/mol. The summed E-state index contributed by atoms with van der Waals surface area (Å²) in [5.41, 5.74) is 4.65. The Balaban J connectivity index is 2.44. The zero-order chi connectivity index (χ0) is 10.1. The first kappa shape index (κ1) is 9.72. The van der Waals surface area contributed by atoms with Gasteiger partial charge in [0.05, 0.1) is 6.54 Å². The highest BCUT2D eigenvalue weighted by Gasteiger charge is 2.26. The second-order valence-electron chi connectivity index (χ2n) is 4.69. The molecule has 0 saturated carbocycles. The topological polar surface area (TPSA) is 16.6 Å². The Labute approximate surface area is 86.5 Å². The van der Waals surface area contributed by atoms with E-state index in [4.69, 9.17) is 0 Å². The van der Waals surface area contributed by atoms with Gasteiger partial charge < -0.3 is 5.32 Å². The molecule has 14 heavy (non-hydrogen) atoms. The monoisotopic (exact) mass is 190 g/mol. The van der Waals surface area contributed by atoms with Crippen molar-refractivity contribution in [2.24, 2.45) is 5.92 Å². The summed E-state index contributed by atoms with van der Waals surface area (Å²) < 4.78 is 0. The minimum Gasteiger partial charge on any atom is -0.340 e. The smallest absolute Gasteiger partial charge is 0.114 e. The number of nitrogens with two attached hydrogens (primary N) is 1.